The quantitative estimate of drug-likeness (QED) is 0.702. The smallest absolute Gasteiger partial charge is 0.419 e. The standard InChI is InChI=1S/C19H20N2O5/c1-24-16-9-5-6-13(18(16)25-2)12-20-17(22)10-11-21-14-7-3-4-8-15(14)26-19(21)23/h3-9H,10-12H2,1-2H3,(H,20,22). The molecule has 26 heavy (non-hydrogen) atoms. The van der Waals surface area contributed by atoms with Gasteiger partial charge in [-0.15, -0.1) is 0 Å². The third kappa shape index (κ3) is 3.56. The molecule has 7 heteroatoms. The molecular weight excluding hydrogens is 336 g/mol. The number of hydrogen-bond donors (Lipinski definition) is 1. The predicted octanol–water partition coefficient (Wildman–Crippen LogP) is 2.32. The van der Waals surface area contributed by atoms with E-state index in [1.54, 1.807) is 38.5 Å². The second-order valence-corrected chi connectivity index (χ2v) is 5.67. The number of aryl methyl sites for hydroxylation is 1. The molecule has 0 aliphatic rings. The predicted molar refractivity (Wildman–Crippen MR) is 96.5 cm³/mol. The van der Waals surface area contributed by atoms with Crippen molar-refractivity contribution in [3.05, 3.63) is 58.6 Å². The van der Waals surface area contributed by atoms with E-state index in [-0.39, 0.29) is 18.9 Å². The lowest BCUT2D eigenvalue weighted by atomic mass is 10.2. The van der Waals surface area contributed by atoms with Crippen molar-refractivity contribution in [2.24, 2.45) is 0 Å². The Kier molecular flexibility index (Phi) is 5.26. The van der Waals surface area contributed by atoms with Crippen LogP contribution < -0.4 is 20.5 Å². The summed E-state index contributed by atoms with van der Waals surface area (Å²) in [6.07, 6.45) is 0.162. The molecule has 0 radical (unpaired) electrons. The van der Waals surface area contributed by atoms with E-state index in [1.165, 1.54) is 4.57 Å². The molecule has 0 saturated carbocycles. The molecule has 136 valence electrons. The summed E-state index contributed by atoms with van der Waals surface area (Å²) < 4.78 is 17.2. The number of oxazole rings is 1. The van der Waals surface area contributed by atoms with Crippen LogP contribution in [-0.2, 0) is 17.9 Å². The van der Waals surface area contributed by atoms with Gasteiger partial charge in [0, 0.05) is 25.1 Å². The Morgan fingerprint density at radius 1 is 1.12 bits per heavy atom. The number of methoxy groups -OCH3 is 2. The van der Waals surface area contributed by atoms with Crippen molar-refractivity contribution in [3.8, 4) is 11.5 Å². The number of benzene rings is 2. The molecule has 0 unspecified atom stereocenters. The van der Waals surface area contributed by atoms with Gasteiger partial charge in [-0.25, -0.2) is 4.79 Å². The number of carbonyl (C=O) groups is 1. The molecule has 0 saturated heterocycles. The van der Waals surface area contributed by atoms with Crippen molar-refractivity contribution >= 4 is 17.0 Å². The maximum Gasteiger partial charge on any atom is 0.419 e. The van der Waals surface area contributed by atoms with Crippen molar-refractivity contribution in [1.82, 2.24) is 9.88 Å². The Morgan fingerprint density at radius 2 is 1.92 bits per heavy atom. The highest BCUT2D eigenvalue weighted by molar-refractivity contribution is 5.77. The molecule has 0 fully saturated rings. The molecule has 1 amide bonds. The second kappa shape index (κ2) is 7.77. The Labute approximate surface area is 150 Å². The minimum absolute atomic E-state index is 0.162. The number of hydrogen-bond acceptors (Lipinski definition) is 5. The van der Waals surface area contributed by atoms with Crippen LogP contribution in [0.1, 0.15) is 12.0 Å². The van der Waals surface area contributed by atoms with Crippen LogP contribution in [0.3, 0.4) is 0 Å². The molecule has 1 aromatic heterocycles. The Morgan fingerprint density at radius 3 is 2.69 bits per heavy atom. The third-order valence-corrected chi connectivity index (χ3v) is 4.10. The lowest BCUT2D eigenvalue weighted by Gasteiger charge is -2.13. The van der Waals surface area contributed by atoms with Gasteiger partial charge >= 0.3 is 5.76 Å². The van der Waals surface area contributed by atoms with Gasteiger partial charge in [-0.1, -0.05) is 24.3 Å². The van der Waals surface area contributed by atoms with Gasteiger partial charge < -0.3 is 19.2 Å². The summed E-state index contributed by atoms with van der Waals surface area (Å²) in [6.45, 7) is 0.553. The van der Waals surface area contributed by atoms with Crippen LogP contribution in [0.5, 0.6) is 11.5 Å². The van der Waals surface area contributed by atoms with Crippen LogP contribution in [-0.4, -0.2) is 24.7 Å². The van der Waals surface area contributed by atoms with Crippen molar-refractivity contribution in [1.29, 1.82) is 0 Å². The van der Waals surface area contributed by atoms with Crippen molar-refractivity contribution in [2.45, 2.75) is 19.5 Å². The van der Waals surface area contributed by atoms with E-state index >= 15 is 0 Å². The van der Waals surface area contributed by atoms with Crippen molar-refractivity contribution in [2.75, 3.05) is 14.2 Å². The Bertz CT molecular complexity index is 973. The third-order valence-electron chi connectivity index (χ3n) is 4.10. The van der Waals surface area contributed by atoms with Crippen molar-refractivity contribution < 1.29 is 18.7 Å². The van der Waals surface area contributed by atoms with Gasteiger partial charge in [0.15, 0.2) is 17.1 Å². The molecule has 0 bridgehead atoms. The first-order valence-corrected chi connectivity index (χ1v) is 8.19. The van der Waals surface area contributed by atoms with Gasteiger partial charge in [0.25, 0.3) is 0 Å². The summed E-state index contributed by atoms with van der Waals surface area (Å²) in [7, 11) is 3.12. The summed E-state index contributed by atoms with van der Waals surface area (Å²) in [5, 5.41) is 2.83. The van der Waals surface area contributed by atoms with Crippen molar-refractivity contribution in [3.63, 3.8) is 0 Å². The van der Waals surface area contributed by atoms with E-state index < -0.39 is 5.76 Å². The Hall–Kier alpha value is -3.22. The maximum absolute atomic E-state index is 12.2. The summed E-state index contributed by atoms with van der Waals surface area (Å²) in [4.78, 5) is 24.1. The molecule has 3 rings (SSSR count). The number of aromatic nitrogens is 1. The van der Waals surface area contributed by atoms with Crippen LogP contribution in [0.15, 0.2) is 51.7 Å². The van der Waals surface area contributed by atoms with E-state index in [2.05, 4.69) is 5.32 Å². The maximum atomic E-state index is 12.2. The minimum atomic E-state index is -0.464. The van der Waals surface area contributed by atoms with Gasteiger partial charge in [-0.05, 0) is 18.2 Å². The molecule has 0 atom stereocenters. The monoisotopic (exact) mass is 356 g/mol. The first kappa shape index (κ1) is 17.6. The van der Waals surface area contributed by atoms with Gasteiger partial charge in [0.1, 0.15) is 0 Å². The SMILES string of the molecule is COc1cccc(CNC(=O)CCn2c(=O)oc3ccccc32)c1OC. The first-order chi connectivity index (χ1) is 12.6. The fraction of sp³-hybridized carbons (Fsp3) is 0.263. The van der Waals surface area contributed by atoms with E-state index in [0.29, 0.717) is 29.1 Å². The Balaban J connectivity index is 1.63. The van der Waals surface area contributed by atoms with E-state index in [0.717, 1.165) is 5.56 Å². The number of ether oxygens (including phenoxy) is 2. The highest BCUT2D eigenvalue weighted by Gasteiger charge is 2.12. The van der Waals surface area contributed by atoms with Gasteiger partial charge in [-0.3, -0.25) is 9.36 Å². The van der Waals surface area contributed by atoms with Gasteiger partial charge in [-0.2, -0.15) is 0 Å². The molecule has 0 aliphatic carbocycles. The number of carbonyl (C=O) groups excluding carboxylic acids is 1. The van der Waals surface area contributed by atoms with Crippen LogP contribution in [0.4, 0.5) is 0 Å². The molecule has 3 aromatic rings. The summed E-state index contributed by atoms with van der Waals surface area (Å²) in [5.41, 5.74) is 2.00. The van der Waals surface area contributed by atoms with Gasteiger partial charge in [0.2, 0.25) is 5.91 Å². The van der Waals surface area contributed by atoms with Crippen LogP contribution in [0, 0.1) is 0 Å². The summed E-state index contributed by atoms with van der Waals surface area (Å²) in [5.74, 6) is 0.559. The molecular formula is C19H20N2O5. The molecule has 0 aliphatic heterocycles. The molecule has 0 spiro atoms. The number of rotatable bonds is 7. The number of amides is 1. The molecule has 1 heterocycles. The average Bonchev–Trinajstić information content (AvgIpc) is 2.99. The van der Waals surface area contributed by atoms with Crippen LogP contribution in [0.2, 0.25) is 0 Å². The van der Waals surface area contributed by atoms with E-state index in [9.17, 15) is 9.59 Å². The summed E-state index contributed by atoms with van der Waals surface area (Å²) >= 11 is 0. The summed E-state index contributed by atoms with van der Waals surface area (Å²) in [6, 6.07) is 12.6. The zero-order chi connectivity index (χ0) is 18.5. The number of nitrogens with one attached hydrogen (secondary N) is 1. The van der Waals surface area contributed by atoms with E-state index in [1.807, 2.05) is 18.2 Å². The topological polar surface area (TPSA) is 82.7 Å². The highest BCUT2D eigenvalue weighted by Crippen LogP contribution is 2.30. The number of nitrogens with zero attached hydrogens (tertiary/aromatic N) is 1. The molecule has 7 nitrogen and oxygen atoms in total. The largest absolute Gasteiger partial charge is 0.493 e. The average molecular weight is 356 g/mol. The zero-order valence-corrected chi connectivity index (χ0v) is 14.7. The van der Waals surface area contributed by atoms with E-state index in [4.69, 9.17) is 13.9 Å². The first-order valence-electron chi connectivity index (χ1n) is 8.19. The van der Waals surface area contributed by atoms with Crippen LogP contribution in [0.25, 0.3) is 11.1 Å². The number of fused-ring (bicyclic) bond motifs is 1. The minimum Gasteiger partial charge on any atom is -0.493 e. The zero-order valence-electron chi connectivity index (χ0n) is 14.7. The van der Waals surface area contributed by atoms with Gasteiger partial charge in [0.05, 0.1) is 19.7 Å². The lowest BCUT2D eigenvalue weighted by Crippen LogP contribution is -2.26. The fourth-order valence-electron chi connectivity index (χ4n) is 2.81. The normalized spacial score (nSPS) is 10.7. The lowest BCUT2D eigenvalue weighted by molar-refractivity contribution is -0.121. The molecule has 1 N–H and O–H groups in total. The van der Waals surface area contributed by atoms with Crippen LogP contribution >= 0.6 is 0 Å². The molecule has 2 aromatic carbocycles. The second-order valence-electron chi connectivity index (χ2n) is 5.67. The highest BCUT2D eigenvalue weighted by atomic mass is 16.5. The number of para-hydroxylation sites is 3. The fourth-order valence-corrected chi connectivity index (χ4v) is 2.81.